The number of carbonyl (C=O) groups excluding carboxylic acids is 1. The fourth-order valence-electron chi connectivity index (χ4n) is 2.59. The van der Waals surface area contributed by atoms with E-state index in [0.29, 0.717) is 6.61 Å². The number of aromatic nitrogens is 2. The fraction of sp³-hybridized carbons (Fsp3) is 0.500. The number of alkyl halides is 6. The van der Waals surface area contributed by atoms with Crippen molar-refractivity contribution in [1.29, 1.82) is 0 Å². The van der Waals surface area contributed by atoms with Gasteiger partial charge in [0.25, 0.3) is 0 Å². The molecular formula is C20H24F6N4O6S. The average Bonchev–Trinajstić information content (AvgIpc) is 3.43. The molecule has 0 aromatic carbocycles. The van der Waals surface area contributed by atoms with Crippen molar-refractivity contribution in [2.75, 3.05) is 27.2 Å². The van der Waals surface area contributed by atoms with Crippen LogP contribution in [0.2, 0.25) is 0 Å². The highest BCUT2D eigenvalue weighted by Gasteiger charge is 2.38. The summed E-state index contributed by atoms with van der Waals surface area (Å²) in [5.41, 5.74) is 2.15. The molecule has 3 heterocycles. The van der Waals surface area contributed by atoms with E-state index in [1.807, 2.05) is 6.20 Å². The highest BCUT2D eigenvalue weighted by molar-refractivity contribution is 7.09. The summed E-state index contributed by atoms with van der Waals surface area (Å²) in [7, 11) is 3.51. The number of halogens is 6. The van der Waals surface area contributed by atoms with Gasteiger partial charge in [-0.1, -0.05) is 6.07 Å². The first-order valence-electron chi connectivity index (χ1n) is 10.2. The molecule has 1 unspecified atom stereocenters. The van der Waals surface area contributed by atoms with Crippen molar-refractivity contribution in [3.8, 4) is 0 Å². The molecule has 17 heteroatoms. The van der Waals surface area contributed by atoms with Gasteiger partial charge in [0.1, 0.15) is 12.6 Å². The minimum Gasteiger partial charge on any atom is -0.475 e. The molecule has 1 amide bonds. The molecule has 208 valence electrons. The molecule has 0 aliphatic carbocycles. The molecule has 1 aliphatic heterocycles. The van der Waals surface area contributed by atoms with Gasteiger partial charge in [-0.2, -0.15) is 31.4 Å². The Balaban J connectivity index is 0.000000404. The Hall–Kier alpha value is -3.18. The number of nitrogens with zero attached hydrogens (tertiary/aromatic N) is 3. The van der Waals surface area contributed by atoms with Gasteiger partial charge in [0.05, 0.1) is 12.3 Å². The van der Waals surface area contributed by atoms with E-state index in [1.54, 1.807) is 35.0 Å². The average molecular weight is 562 g/mol. The van der Waals surface area contributed by atoms with Gasteiger partial charge in [-0.05, 0) is 23.4 Å². The lowest BCUT2D eigenvalue weighted by atomic mass is 10.1. The largest absolute Gasteiger partial charge is 0.490 e. The Labute approximate surface area is 210 Å². The summed E-state index contributed by atoms with van der Waals surface area (Å²) in [5, 5.41) is 24.3. The minimum absolute atomic E-state index is 0.0399. The smallest absolute Gasteiger partial charge is 0.475 e. The molecule has 1 aliphatic rings. The predicted octanol–water partition coefficient (Wildman–Crippen LogP) is 2.70. The van der Waals surface area contributed by atoms with Crippen LogP contribution < -0.4 is 5.32 Å². The van der Waals surface area contributed by atoms with Crippen molar-refractivity contribution >= 4 is 29.2 Å². The number of carboxylic acid groups (broad SMARTS) is 2. The minimum atomic E-state index is -5.08. The molecule has 0 fully saturated rings. The van der Waals surface area contributed by atoms with Crippen LogP contribution in [0.3, 0.4) is 0 Å². The normalized spacial score (nSPS) is 14.9. The van der Waals surface area contributed by atoms with Gasteiger partial charge in [-0.25, -0.2) is 9.59 Å². The van der Waals surface area contributed by atoms with Crippen molar-refractivity contribution in [2.45, 2.75) is 38.0 Å². The maximum Gasteiger partial charge on any atom is 0.490 e. The molecule has 0 bridgehead atoms. The van der Waals surface area contributed by atoms with Gasteiger partial charge < -0.3 is 25.2 Å². The van der Waals surface area contributed by atoms with Gasteiger partial charge in [0, 0.05) is 38.3 Å². The summed E-state index contributed by atoms with van der Waals surface area (Å²) in [6, 6.07) is 4.17. The summed E-state index contributed by atoms with van der Waals surface area (Å²) in [4.78, 5) is 32.5. The molecule has 0 saturated heterocycles. The standard InChI is InChI=1S/C16H22N4O2S.2C2HF3O2/c1-19(2)15(21)11-20-10-12-5-6-22-14(16(12)18-20)9-17-8-13-4-3-7-23-13;2*3-2(4,5)1(6)7/h3-4,7,10,14,17H,5-6,8-9,11H2,1-2H3;2*(H,6,7). The van der Waals surface area contributed by atoms with Gasteiger partial charge in [0.2, 0.25) is 5.91 Å². The first kappa shape index (κ1) is 31.8. The number of hydrogen-bond acceptors (Lipinski definition) is 7. The van der Waals surface area contributed by atoms with Crippen LogP contribution in [0.4, 0.5) is 26.3 Å². The van der Waals surface area contributed by atoms with E-state index in [2.05, 4.69) is 27.9 Å². The Morgan fingerprint density at radius 1 is 1.16 bits per heavy atom. The molecular weight excluding hydrogens is 538 g/mol. The Morgan fingerprint density at radius 3 is 2.19 bits per heavy atom. The Bertz CT molecular complexity index is 1000. The second kappa shape index (κ2) is 13.9. The third kappa shape index (κ3) is 11.6. The summed E-state index contributed by atoms with van der Waals surface area (Å²) in [5.74, 6) is -5.47. The molecule has 0 radical (unpaired) electrons. The van der Waals surface area contributed by atoms with E-state index >= 15 is 0 Å². The molecule has 2 aromatic heterocycles. The maximum atomic E-state index is 11.8. The zero-order valence-electron chi connectivity index (χ0n) is 19.5. The van der Waals surface area contributed by atoms with Crippen LogP contribution >= 0.6 is 11.3 Å². The van der Waals surface area contributed by atoms with E-state index in [4.69, 9.17) is 24.5 Å². The second-order valence-electron chi connectivity index (χ2n) is 7.45. The number of fused-ring (bicyclic) bond motifs is 1. The monoisotopic (exact) mass is 562 g/mol. The summed E-state index contributed by atoms with van der Waals surface area (Å²) in [6.45, 7) is 2.54. The highest BCUT2D eigenvalue weighted by Crippen LogP contribution is 2.25. The van der Waals surface area contributed by atoms with Gasteiger partial charge in [0.15, 0.2) is 0 Å². The van der Waals surface area contributed by atoms with Crippen LogP contribution in [0, 0.1) is 0 Å². The summed E-state index contributed by atoms with van der Waals surface area (Å²) in [6.07, 6.45) is -7.38. The number of hydrogen-bond donors (Lipinski definition) is 3. The third-order valence-electron chi connectivity index (χ3n) is 4.36. The van der Waals surface area contributed by atoms with Crippen LogP contribution in [0.1, 0.15) is 22.2 Å². The lowest BCUT2D eigenvalue weighted by Gasteiger charge is -2.22. The van der Waals surface area contributed by atoms with Gasteiger partial charge in [-0.3, -0.25) is 9.48 Å². The van der Waals surface area contributed by atoms with Gasteiger partial charge in [-0.15, -0.1) is 11.3 Å². The lowest BCUT2D eigenvalue weighted by Crippen LogP contribution is -2.28. The van der Waals surface area contributed by atoms with E-state index < -0.39 is 24.3 Å². The molecule has 3 N–H and O–H groups in total. The van der Waals surface area contributed by atoms with E-state index in [1.165, 1.54) is 10.4 Å². The lowest BCUT2D eigenvalue weighted by molar-refractivity contribution is -0.193. The fourth-order valence-corrected chi connectivity index (χ4v) is 3.26. The van der Waals surface area contributed by atoms with Crippen LogP contribution in [-0.2, 0) is 38.6 Å². The second-order valence-corrected chi connectivity index (χ2v) is 8.48. The molecule has 37 heavy (non-hydrogen) atoms. The van der Waals surface area contributed by atoms with Crippen molar-refractivity contribution in [2.24, 2.45) is 0 Å². The van der Waals surface area contributed by atoms with Crippen molar-refractivity contribution in [1.82, 2.24) is 20.0 Å². The van der Waals surface area contributed by atoms with Crippen LogP contribution in [0.5, 0.6) is 0 Å². The van der Waals surface area contributed by atoms with Crippen molar-refractivity contribution in [3.63, 3.8) is 0 Å². The molecule has 1 atom stereocenters. The molecule has 10 nitrogen and oxygen atoms in total. The highest BCUT2D eigenvalue weighted by atomic mass is 32.1. The quantitative estimate of drug-likeness (QED) is 0.458. The maximum absolute atomic E-state index is 11.8. The summed E-state index contributed by atoms with van der Waals surface area (Å²) >= 11 is 1.74. The van der Waals surface area contributed by atoms with Crippen LogP contribution in [-0.4, -0.2) is 82.3 Å². The predicted molar refractivity (Wildman–Crippen MR) is 117 cm³/mol. The Morgan fingerprint density at radius 2 is 1.73 bits per heavy atom. The van der Waals surface area contributed by atoms with E-state index in [-0.39, 0.29) is 18.6 Å². The van der Waals surface area contributed by atoms with E-state index in [9.17, 15) is 31.1 Å². The van der Waals surface area contributed by atoms with Crippen molar-refractivity contribution < 1.29 is 55.7 Å². The SMILES string of the molecule is CN(C)C(=O)Cn1cc2c(n1)C(CNCc1cccs1)OCC2.O=C(O)C(F)(F)F.O=C(O)C(F)(F)F. The number of nitrogens with one attached hydrogen (secondary N) is 1. The van der Waals surface area contributed by atoms with Gasteiger partial charge >= 0.3 is 24.3 Å². The number of carboxylic acids is 2. The first-order chi connectivity index (χ1) is 17.0. The molecule has 0 saturated carbocycles. The molecule has 2 aromatic rings. The number of aliphatic carboxylic acids is 2. The van der Waals surface area contributed by atoms with Crippen molar-refractivity contribution in [3.05, 3.63) is 39.8 Å². The topological polar surface area (TPSA) is 134 Å². The van der Waals surface area contributed by atoms with Crippen LogP contribution in [0.25, 0.3) is 0 Å². The molecule has 0 spiro atoms. The number of thiophene rings is 1. The van der Waals surface area contributed by atoms with E-state index in [0.717, 1.165) is 25.2 Å². The number of carbonyl (C=O) groups is 3. The number of ether oxygens (including phenoxy) is 1. The zero-order chi connectivity index (χ0) is 28.4. The first-order valence-corrected chi connectivity index (χ1v) is 11.1. The van der Waals surface area contributed by atoms with Crippen LogP contribution in [0.15, 0.2) is 23.7 Å². The zero-order valence-corrected chi connectivity index (χ0v) is 20.3. The molecule has 3 rings (SSSR count). The number of rotatable bonds is 6. The third-order valence-corrected chi connectivity index (χ3v) is 5.23. The number of amides is 1. The summed E-state index contributed by atoms with van der Waals surface area (Å²) < 4.78 is 71.1. The number of likely N-dealkylation sites (N-methyl/N-ethyl adjacent to an activating group) is 1. The Kier molecular flexibility index (Phi) is 12.0.